The molecule has 0 aliphatic heterocycles. The lowest BCUT2D eigenvalue weighted by Crippen LogP contribution is -2.07. The fourth-order valence-corrected chi connectivity index (χ4v) is 2.68. The minimum atomic E-state index is -0.379. The quantitative estimate of drug-likeness (QED) is 0.680. The number of nitrogens with zero attached hydrogens (tertiary/aromatic N) is 2. The predicted octanol–water partition coefficient (Wildman–Crippen LogP) is 3.47. The fraction of sp³-hybridized carbons (Fsp3) is 0.118. The van der Waals surface area contributed by atoms with Gasteiger partial charge in [-0.3, -0.25) is 10.1 Å². The third-order valence-corrected chi connectivity index (χ3v) is 3.94. The number of carbonyl (C=O) groups excluding carboxylic acids is 1. The summed E-state index contributed by atoms with van der Waals surface area (Å²) in [7, 11) is 3.12. The number of methoxy groups -OCH3 is 2. The highest BCUT2D eigenvalue weighted by molar-refractivity contribution is 7.08. The van der Waals surface area contributed by atoms with E-state index in [1.165, 1.54) is 17.4 Å². The minimum absolute atomic E-state index is 0.0446. The lowest BCUT2D eigenvalue weighted by Gasteiger charge is -2.07. The van der Waals surface area contributed by atoms with Gasteiger partial charge < -0.3 is 13.9 Å². The second-order valence-corrected chi connectivity index (χ2v) is 5.64. The molecular formula is C17H15N3O4S. The molecule has 1 N–H and O–H groups in total. The highest BCUT2D eigenvalue weighted by atomic mass is 32.1. The first kappa shape index (κ1) is 16.7. The Bertz CT molecular complexity index is 887. The molecule has 0 unspecified atom stereocenters. The fourth-order valence-electron chi connectivity index (χ4n) is 2.05. The Kier molecular flexibility index (Phi) is 5.10. The Balaban J connectivity index is 1.65. The summed E-state index contributed by atoms with van der Waals surface area (Å²) < 4.78 is 15.8. The third-order valence-electron chi connectivity index (χ3n) is 3.26. The molecule has 0 saturated heterocycles. The monoisotopic (exact) mass is 357 g/mol. The molecule has 0 atom stereocenters. The van der Waals surface area contributed by atoms with E-state index in [9.17, 15) is 4.79 Å². The molecule has 0 spiro atoms. The van der Waals surface area contributed by atoms with Crippen molar-refractivity contribution in [1.82, 2.24) is 10.2 Å². The van der Waals surface area contributed by atoms with E-state index in [0.29, 0.717) is 17.4 Å². The van der Waals surface area contributed by atoms with Crippen molar-refractivity contribution in [3.8, 4) is 23.0 Å². The molecule has 2 aromatic heterocycles. The van der Waals surface area contributed by atoms with Crippen LogP contribution in [0, 0.1) is 0 Å². The van der Waals surface area contributed by atoms with Crippen molar-refractivity contribution in [2.45, 2.75) is 0 Å². The molecule has 0 fully saturated rings. The molecule has 1 aromatic carbocycles. The largest absolute Gasteiger partial charge is 0.493 e. The lowest BCUT2D eigenvalue weighted by molar-refractivity contribution is -0.112. The Morgan fingerprint density at radius 2 is 2.04 bits per heavy atom. The van der Waals surface area contributed by atoms with E-state index in [1.807, 2.05) is 22.9 Å². The summed E-state index contributed by atoms with van der Waals surface area (Å²) in [6, 6.07) is 7.25. The van der Waals surface area contributed by atoms with Crippen molar-refractivity contribution < 1.29 is 18.7 Å². The van der Waals surface area contributed by atoms with E-state index >= 15 is 0 Å². The maximum atomic E-state index is 12.0. The van der Waals surface area contributed by atoms with Crippen LogP contribution in [-0.2, 0) is 4.79 Å². The summed E-state index contributed by atoms with van der Waals surface area (Å²) >= 11 is 1.52. The Labute approximate surface area is 147 Å². The van der Waals surface area contributed by atoms with E-state index in [2.05, 4.69) is 15.5 Å². The van der Waals surface area contributed by atoms with Crippen molar-refractivity contribution >= 4 is 29.3 Å². The zero-order chi connectivity index (χ0) is 17.6. The smallest absolute Gasteiger partial charge is 0.322 e. The Morgan fingerprint density at radius 3 is 2.76 bits per heavy atom. The highest BCUT2D eigenvalue weighted by Gasteiger charge is 2.10. The number of amides is 1. The number of hydrogen-bond acceptors (Lipinski definition) is 7. The molecule has 0 aliphatic carbocycles. The maximum absolute atomic E-state index is 12.0. The Morgan fingerprint density at radius 1 is 1.20 bits per heavy atom. The summed E-state index contributed by atoms with van der Waals surface area (Å²) in [5.41, 5.74) is 1.61. The van der Waals surface area contributed by atoms with Crippen molar-refractivity contribution in [2.75, 3.05) is 19.5 Å². The van der Waals surface area contributed by atoms with Gasteiger partial charge >= 0.3 is 6.01 Å². The van der Waals surface area contributed by atoms with Crippen LogP contribution in [0.4, 0.5) is 6.01 Å². The number of ether oxygens (including phenoxy) is 2. The second-order valence-electron chi connectivity index (χ2n) is 4.86. The van der Waals surface area contributed by atoms with Crippen LogP contribution in [0.15, 0.2) is 45.5 Å². The number of benzene rings is 1. The second kappa shape index (κ2) is 7.63. The topological polar surface area (TPSA) is 86.5 Å². The molecule has 2 heterocycles. The maximum Gasteiger partial charge on any atom is 0.322 e. The molecule has 1 amide bonds. The van der Waals surface area contributed by atoms with Gasteiger partial charge in [0.15, 0.2) is 11.5 Å². The van der Waals surface area contributed by atoms with Gasteiger partial charge in [0.1, 0.15) is 0 Å². The summed E-state index contributed by atoms with van der Waals surface area (Å²) in [6.45, 7) is 0. The van der Waals surface area contributed by atoms with Gasteiger partial charge in [0.05, 0.1) is 14.2 Å². The average molecular weight is 357 g/mol. The lowest BCUT2D eigenvalue weighted by atomic mass is 10.2. The van der Waals surface area contributed by atoms with Crippen LogP contribution in [-0.4, -0.2) is 30.3 Å². The zero-order valence-electron chi connectivity index (χ0n) is 13.6. The van der Waals surface area contributed by atoms with Gasteiger partial charge in [-0.15, -0.1) is 5.10 Å². The summed E-state index contributed by atoms with van der Waals surface area (Å²) in [6.07, 6.45) is 3.02. The molecule has 8 heteroatoms. The molecule has 3 rings (SSSR count). The minimum Gasteiger partial charge on any atom is -0.493 e. The number of rotatable bonds is 6. The van der Waals surface area contributed by atoms with Crippen LogP contribution in [0.25, 0.3) is 17.5 Å². The molecule has 3 aromatic rings. The van der Waals surface area contributed by atoms with E-state index in [1.54, 1.807) is 32.4 Å². The summed E-state index contributed by atoms with van der Waals surface area (Å²) in [4.78, 5) is 12.0. The van der Waals surface area contributed by atoms with Gasteiger partial charge in [-0.05, 0) is 35.2 Å². The molecule has 7 nitrogen and oxygen atoms in total. The summed E-state index contributed by atoms with van der Waals surface area (Å²) in [5.74, 6) is 1.19. The van der Waals surface area contributed by atoms with Crippen LogP contribution < -0.4 is 14.8 Å². The zero-order valence-corrected chi connectivity index (χ0v) is 14.4. The van der Waals surface area contributed by atoms with Crippen LogP contribution in [0.2, 0.25) is 0 Å². The molecule has 0 bridgehead atoms. The average Bonchev–Trinajstić information content (AvgIpc) is 3.31. The van der Waals surface area contributed by atoms with E-state index in [0.717, 1.165) is 11.1 Å². The van der Waals surface area contributed by atoms with Gasteiger partial charge in [0.2, 0.25) is 0 Å². The Hall–Kier alpha value is -3.13. The third kappa shape index (κ3) is 4.04. The van der Waals surface area contributed by atoms with E-state index < -0.39 is 0 Å². The van der Waals surface area contributed by atoms with Crippen LogP contribution in [0.1, 0.15) is 5.56 Å². The first-order valence-corrected chi connectivity index (χ1v) is 8.21. The van der Waals surface area contributed by atoms with Gasteiger partial charge in [0, 0.05) is 17.0 Å². The number of nitrogens with one attached hydrogen (secondary N) is 1. The molecule has 0 saturated carbocycles. The number of carbonyl (C=O) groups is 1. The van der Waals surface area contributed by atoms with Crippen molar-refractivity contribution in [2.24, 2.45) is 0 Å². The summed E-state index contributed by atoms with van der Waals surface area (Å²) in [5, 5.41) is 14.0. The van der Waals surface area contributed by atoms with E-state index in [4.69, 9.17) is 13.9 Å². The van der Waals surface area contributed by atoms with E-state index in [-0.39, 0.29) is 11.9 Å². The first-order valence-electron chi connectivity index (χ1n) is 7.27. The molecular weight excluding hydrogens is 342 g/mol. The number of hydrogen-bond donors (Lipinski definition) is 1. The van der Waals surface area contributed by atoms with Crippen molar-refractivity contribution in [1.29, 1.82) is 0 Å². The first-order chi connectivity index (χ1) is 12.2. The van der Waals surface area contributed by atoms with Gasteiger partial charge in [-0.1, -0.05) is 11.2 Å². The van der Waals surface area contributed by atoms with Gasteiger partial charge in [-0.25, -0.2) is 0 Å². The highest BCUT2D eigenvalue weighted by Crippen LogP contribution is 2.28. The molecule has 0 radical (unpaired) electrons. The van der Waals surface area contributed by atoms with Crippen LogP contribution >= 0.6 is 11.3 Å². The number of aromatic nitrogens is 2. The molecule has 0 aliphatic rings. The van der Waals surface area contributed by atoms with Gasteiger partial charge in [-0.2, -0.15) is 11.3 Å². The molecule has 25 heavy (non-hydrogen) atoms. The number of anilines is 1. The van der Waals surface area contributed by atoms with Crippen LogP contribution in [0.3, 0.4) is 0 Å². The predicted molar refractivity (Wildman–Crippen MR) is 94.8 cm³/mol. The van der Waals surface area contributed by atoms with Crippen molar-refractivity contribution in [3.05, 3.63) is 46.7 Å². The van der Waals surface area contributed by atoms with Gasteiger partial charge in [0.25, 0.3) is 11.8 Å². The van der Waals surface area contributed by atoms with Crippen LogP contribution in [0.5, 0.6) is 11.5 Å². The SMILES string of the molecule is COc1ccc(/C=C/C(=O)Nc2nnc(-c3ccsc3)o2)cc1OC. The number of thiophene rings is 1. The normalized spacial score (nSPS) is 10.8. The molecule has 128 valence electrons. The standard InChI is InChI=1S/C17H15N3O4S/c1-22-13-5-3-11(9-14(13)23-2)4-6-15(21)18-17-20-19-16(24-17)12-7-8-25-10-12/h3-10H,1-2H3,(H,18,20,21)/b6-4+. The van der Waals surface area contributed by atoms with Crippen molar-refractivity contribution in [3.63, 3.8) is 0 Å².